The zero-order valence-electron chi connectivity index (χ0n) is 28.6. The standard InChI is InChI=1S/C50H39N/c1-5-15-33(16-6-1)37-25-26-40-41-27-28-42-38-23-13-14-24-39(38)43-29-30-44(48(42)47(41)32-45(46(40)31-37)34-17-7-2-8-18-34)50(36-21-11-4-12-22-36)51-49(43)35-19-9-3-10-20-35/h1-28,31,43,45,49,51H,29-30,32H2. The molecule has 3 unspecified atom stereocenters. The minimum atomic E-state index is 0.152. The van der Waals surface area contributed by atoms with Gasteiger partial charge < -0.3 is 5.32 Å². The molecule has 2 bridgehead atoms. The Balaban J connectivity index is 1.27. The van der Waals surface area contributed by atoms with E-state index in [0.29, 0.717) is 5.92 Å². The van der Waals surface area contributed by atoms with E-state index >= 15 is 0 Å². The summed E-state index contributed by atoms with van der Waals surface area (Å²) in [7, 11) is 0. The van der Waals surface area contributed by atoms with Crippen LogP contribution in [-0.4, -0.2) is 0 Å². The molecule has 3 aliphatic rings. The Kier molecular flexibility index (Phi) is 7.31. The SMILES string of the molecule is c1ccc(C2=C3CCC(c4ccccc4-c4ccc5c(c43)CC(c3ccccc3)c3cc(-c4ccccc4)ccc3-5)C(c3ccccc3)N2)cc1. The van der Waals surface area contributed by atoms with Crippen molar-refractivity contribution < 1.29 is 0 Å². The summed E-state index contributed by atoms with van der Waals surface area (Å²) in [6, 6.07) is 65.7. The molecule has 10 rings (SSSR count). The van der Waals surface area contributed by atoms with Gasteiger partial charge in [-0.2, -0.15) is 0 Å². The molecule has 1 heteroatoms. The summed E-state index contributed by atoms with van der Waals surface area (Å²) in [4.78, 5) is 0. The average Bonchev–Trinajstić information content (AvgIpc) is 3.38. The maximum atomic E-state index is 4.25. The maximum absolute atomic E-state index is 4.25. The van der Waals surface area contributed by atoms with Gasteiger partial charge in [0.2, 0.25) is 0 Å². The van der Waals surface area contributed by atoms with E-state index < -0.39 is 0 Å². The fourth-order valence-corrected chi connectivity index (χ4v) is 9.31. The zero-order valence-corrected chi connectivity index (χ0v) is 28.6. The van der Waals surface area contributed by atoms with Crippen molar-refractivity contribution in [2.45, 2.75) is 37.1 Å². The van der Waals surface area contributed by atoms with E-state index in [2.05, 4.69) is 181 Å². The molecule has 0 fully saturated rings. The van der Waals surface area contributed by atoms with E-state index in [1.54, 1.807) is 0 Å². The van der Waals surface area contributed by atoms with E-state index in [-0.39, 0.29) is 12.0 Å². The zero-order chi connectivity index (χ0) is 33.7. The second-order valence-electron chi connectivity index (χ2n) is 14.3. The summed E-state index contributed by atoms with van der Waals surface area (Å²) in [5.74, 6) is 0.576. The lowest BCUT2D eigenvalue weighted by Crippen LogP contribution is -2.25. The Morgan fingerprint density at radius 3 is 1.78 bits per heavy atom. The number of hydrogen-bond acceptors (Lipinski definition) is 1. The normalized spacial score (nSPS) is 18.6. The van der Waals surface area contributed by atoms with Crippen molar-refractivity contribution in [3.8, 4) is 33.4 Å². The summed E-state index contributed by atoms with van der Waals surface area (Å²) in [6.45, 7) is 0. The molecule has 3 atom stereocenters. The van der Waals surface area contributed by atoms with Crippen LogP contribution in [0.2, 0.25) is 0 Å². The third-order valence-corrected chi connectivity index (χ3v) is 11.6. The molecule has 0 radical (unpaired) electrons. The summed E-state index contributed by atoms with van der Waals surface area (Å²) in [5, 5.41) is 4.25. The largest absolute Gasteiger partial charge is 0.377 e. The molecule has 0 saturated carbocycles. The highest BCUT2D eigenvalue weighted by atomic mass is 14.9. The number of hydrogen-bond donors (Lipinski definition) is 1. The summed E-state index contributed by atoms with van der Waals surface area (Å²) >= 11 is 0. The molecule has 7 aromatic carbocycles. The van der Waals surface area contributed by atoms with Gasteiger partial charge in [0.15, 0.2) is 0 Å². The van der Waals surface area contributed by atoms with Gasteiger partial charge in [-0.3, -0.25) is 0 Å². The smallest absolute Gasteiger partial charge is 0.0582 e. The maximum Gasteiger partial charge on any atom is 0.0582 e. The Hall–Kier alpha value is -5.92. The van der Waals surface area contributed by atoms with Crippen molar-refractivity contribution in [1.29, 1.82) is 0 Å². The Morgan fingerprint density at radius 2 is 1.04 bits per heavy atom. The topological polar surface area (TPSA) is 12.0 Å². The molecule has 0 aromatic heterocycles. The molecule has 2 aliphatic carbocycles. The molecule has 0 saturated heterocycles. The molecule has 1 aliphatic heterocycles. The second kappa shape index (κ2) is 12.4. The van der Waals surface area contributed by atoms with Crippen LogP contribution in [0.4, 0.5) is 0 Å². The highest BCUT2D eigenvalue weighted by Gasteiger charge is 2.38. The Bertz CT molecular complexity index is 2410. The highest BCUT2D eigenvalue weighted by molar-refractivity contribution is 6.00. The van der Waals surface area contributed by atoms with Crippen LogP contribution < -0.4 is 5.32 Å². The van der Waals surface area contributed by atoms with Crippen LogP contribution in [0.25, 0.3) is 44.7 Å². The van der Waals surface area contributed by atoms with Crippen LogP contribution in [0.5, 0.6) is 0 Å². The van der Waals surface area contributed by atoms with Gasteiger partial charge in [0.05, 0.1) is 6.04 Å². The van der Waals surface area contributed by atoms with E-state index in [1.165, 1.54) is 83.6 Å². The Morgan fingerprint density at radius 1 is 0.451 bits per heavy atom. The van der Waals surface area contributed by atoms with Crippen LogP contribution >= 0.6 is 0 Å². The van der Waals surface area contributed by atoms with Crippen LogP contribution in [0.15, 0.2) is 176 Å². The highest BCUT2D eigenvalue weighted by Crippen LogP contribution is 2.54. The first-order valence-electron chi connectivity index (χ1n) is 18.4. The van der Waals surface area contributed by atoms with Crippen molar-refractivity contribution in [3.63, 3.8) is 0 Å². The molecule has 7 aromatic rings. The Labute approximate surface area is 301 Å². The number of benzene rings is 7. The van der Waals surface area contributed by atoms with Gasteiger partial charge >= 0.3 is 0 Å². The lowest BCUT2D eigenvalue weighted by molar-refractivity contribution is 0.490. The van der Waals surface area contributed by atoms with Gasteiger partial charge in [-0.25, -0.2) is 0 Å². The van der Waals surface area contributed by atoms with Crippen LogP contribution in [0.1, 0.15) is 69.7 Å². The van der Waals surface area contributed by atoms with E-state index in [4.69, 9.17) is 0 Å². The fraction of sp³-hybridized carbons (Fsp3) is 0.120. The molecular weight excluding hydrogens is 615 g/mol. The molecule has 51 heavy (non-hydrogen) atoms. The predicted octanol–water partition coefficient (Wildman–Crippen LogP) is 12.5. The first-order valence-corrected chi connectivity index (χ1v) is 18.4. The van der Waals surface area contributed by atoms with Crippen molar-refractivity contribution in [2.75, 3.05) is 0 Å². The quantitative estimate of drug-likeness (QED) is 0.199. The first-order chi connectivity index (χ1) is 25.3. The molecule has 1 heterocycles. The van der Waals surface area contributed by atoms with Gasteiger partial charge in [0.1, 0.15) is 0 Å². The van der Waals surface area contributed by atoms with Gasteiger partial charge in [-0.15, -0.1) is 0 Å². The molecule has 1 N–H and O–H groups in total. The van der Waals surface area contributed by atoms with Crippen molar-refractivity contribution in [1.82, 2.24) is 5.32 Å². The number of fused-ring (bicyclic) bond motifs is 12. The van der Waals surface area contributed by atoms with Gasteiger partial charge in [-0.05, 0) is 103 Å². The van der Waals surface area contributed by atoms with Gasteiger partial charge in [0.25, 0.3) is 0 Å². The van der Waals surface area contributed by atoms with Crippen molar-refractivity contribution >= 4 is 11.3 Å². The molecule has 244 valence electrons. The van der Waals surface area contributed by atoms with Crippen LogP contribution in [0.3, 0.4) is 0 Å². The minimum Gasteiger partial charge on any atom is -0.377 e. The van der Waals surface area contributed by atoms with Gasteiger partial charge in [0, 0.05) is 17.5 Å². The molecule has 0 amide bonds. The van der Waals surface area contributed by atoms with E-state index in [1.807, 2.05) is 0 Å². The van der Waals surface area contributed by atoms with Crippen molar-refractivity contribution in [2.24, 2.45) is 0 Å². The number of allylic oxidation sites excluding steroid dienone is 1. The lowest BCUT2D eigenvalue weighted by atomic mass is 9.69. The monoisotopic (exact) mass is 653 g/mol. The van der Waals surface area contributed by atoms with Crippen molar-refractivity contribution in [3.05, 3.63) is 215 Å². The third-order valence-electron chi connectivity index (χ3n) is 11.6. The third kappa shape index (κ3) is 5.07. The summed E-state index contributed by atoms with van der Waals surface area (Å²) < 4.78 is 0. The van der Waals surface area contributed by atoms with Crippen LogP contribution in [0, 0.1) is 0 Å². The fourth-order valence-electron chi connectivity index (χ4n) is 9.31. The average molecular weight is 654 g/mol. The molecule has 1 nitrogen and oxygen atoms in total. The predicted molar refractivity (Wildman–Crippen MR) is 212 cm³/mol. The van der Waals surface area contributed by atoms with Gasteiger partial charge in [-0.1, -0.05) is 170 Å². The van der Waals surface area contributed by atoms with E-state index in [0.717, 1.165) is 19.3 Å². The molecule has 0 spiro atoms. The number of rotatable bonds is 4. The lowest BCUT2D eigenvalue weighted by Gasteiger charge is -2.34. The summed E-state index contributed by atoms with van der Waals surface area (Å²) in [6.07, 6.45) is 3.04. The van der Waals surface area contributed by atoms with Crippen LogP contribution in [-0.2, 0) is 6.42 Å². The number of nitrogens with one attached hydrogen (secondary N) is 1. The minimum absolute atomic E-state index is 0.152. The second-order valence-corrected chi connectivity index (χ2v) is 14.3. The molecular formula is C50H39N. The first kappa shape index (κ1) is 29.9. The summed E-state index contributed by atoms with van der Waals surface area (Å²) in [5.41, 5.74) is 20.4. The van der Waals surface area contributed by atoms with E-state index in [9.17, 15) is 0 Å².